The molecule has 1 aromatic carbocycles. The summed E-state index contributed by atoms with van der Waals surface area (Å²) in [5.41, 5.74) is 7.70. The van der Waals surface area contributed by atoms with Crippen molar-refractivity contribution in [1.82, 2.24) is 0 Å². The second-order valence-electron chi connectivity index (χ2n) is 4.04. The van der Waals surface area contributed by atoms with Crippen LogP contribution in [0.3, 0.4) is 0 Å². The first kappa shape index (κ1) is 12.7. The lowest BCUT2D eigenvalue weighted by atomic mass is 9.98. The molecule has 1 atom stereocenters. The van der Waals surface area contributed by atoms with E-state index in [1.165, 1.54) is 7.11 Å². The van der Waals surface area contributed by atoms with Crippen molar-refractivity contribution < 1.29 is 19.0 Å². The van der Waals surface area contributed by atoms with Gasteiger partial charge in [-0.2, -0.15) is 0 Å². The van der Waals surface area contributed by atoms with Gasteiger partial charge in [-0.1, -0.05) is 6.92 Å². The number of fused-ring (bicyclic) bond motifs is 1. The van der Waals surface area contributed by atoms with Crippen LogP contribution < -0.4 is 15.2 Å². The molecule has 5 nitrogen and oxygen atoms in total. The van der Waals surface area contributed by atoms with E-state index in [1.54, 1.807) is 7.11 Å². The zero-order valence-electron chi connectivity index (χ0n) is 10.8. The number of methoxy groups -OCH3 is 2. The first-order chi connectivity index (χ1) is 8.67. The molecule has 1 aliphatic rings. The highest BCUT2D eigenvalue weighted by molar-refractivity contribution is 5.98. The average molecular weight is 251 g/mol. The van der Waals surface area contributed by atoms with Crippen LogP contribution in [0, 0.1) is 0 Å². The number of rotatable bonds is 4. The normalized spacial score (nSPS) is 17.3. The number of benzene rings is 1. The van der Waals surface area contributed by atoms with Crippen molar-refractivity contribution >= 4 is 5.97 Å². The van der Waals surface area contributed by atoms with E-state index < -0.39 is 6.10 Å². The summed E-state index contributed by atoms with van der Waals surface area (Å²) in [4.78, 5) is 11.9. The number of hydrogen-bond donors (Lipinski definition) is 1. The summed E-state index contributed by atoms with van der Waals surface area (Å²) in [6.45, 7) is 2.23. The molecule has 1 aromatic rings. The van der Waals surface area contributed by atoms with Gasteiger partial charge in [-0.25, -0.2) is 4.79 Å². The van der Waals surface area contributed by atoms with Crippen LogP contribution >= 0.6 is 0 Å². The Bertz CT molecular complexity index is 484. The van der Waals surface area contributed by atoms with Crippen LogP contribution in [0.5, 0.6) is 11.5 Å². The monoisotopic (exact) mass is 251 g/mol. The van der Waals surface area contributed by atoms with Crippen LogP contribution in [0.15, 0.2) is 6.07 Å². The Hall–Kier alpha value is -1.75. The highest BCUT2D eigenvalue weighted by atomic mass is 16.6. The van der Waals surface area contributed by atoms with Crippen molar-refractivity contribution in [3.8, 4) is 11.5 Å². The molecule has 2 rings (SSSR count). The van der Waals surface area contributed by atoms with E-state index in [0.29, 0.717) is 23.5 Å². The molecule has 1 aliphatic heterocycles. The molecule has 0 aromatic heterocycles. The van der Waals surface area contributed by atoms with Crippen molar-refractivity contribution in [2.75, 3.05) is 20.8 Å². The summed E-state index contributed by atoms with van der Waals surface area (Å²) in [7, 11) is 3.13. The van der Waals surface area contributed by atoms with Crippen molar-refractivity contribution in [3.05, 3.63) is 22.8 Å². The minimum absolute atomic E-state index is 0.247. The Morgan fingerprint density at radius 1 is 1.39 bits per heavy atom. The first-order valence-corrected chi connectivity index (χ1v) is 5.86. The van der Waals surface area contributed by atoms with Crippen molar-refractivity contribution in [1.29, 1.82) is 0 Å². The summed E-state index contributed by atoms with van der Waals surface area (Å²) in [5.74, 6) is 0.854. The van der Waals surface area contributed by atoms with Gasteiger partial charge in [-0.05, 0) is 12.5 Å². The smallest absolute Gasteiger partial charge is 0.343 e. The predicted octanol–water partition coefficient (Wildman–Crippen LogP) is 1.44. The van der Waals surface area contributed by atoms with Crippen molar-refractivity contribution in [3.63, 3.8) is 0 Å². The number of carbonyl (C=O) groups excluding carboxylic acids is 1. The van der Waals surface area contributed by atoms with Crippen LogP contribution in [0.25, 0.3) is 0 Å². The van der Waals surface area contributed by atoms with E-state index in [4.69, 9.17) is 19.9 Å². The lowest BCUT2D eigenvalue weighted by Gasteiger charge is -2.15. The first-order valence-electron chi connectivity index (χ1n) is 5.86. The molecule has 18 heavy (non-hydrogen) atoms. The van der Waals surface area contributed by atoms with Gasteiger partial charge in [0.2, 0.25) is 0 Å². The number of cyclic esters (lactones) is 1. The standard InChI is InChI=1S/C13H17NO4/c1-4-7-9(16-2)5-8-10(6-14)18-13(15)11(8)12(7)17-3/h5,10H,4,6,14H2,1-3H3/t10-/m0/s1. The third-order valence-electron chi connectivity index (χ3n) is 3.17. The number of nitrogens with two attached hydrogens (primary N) is 1. The summed E-state index contributed by atoms with van der Waals surface area (Å²) in [6.07, 6.45) is 0.293. The van der Waals surface area contributed by atoms with Gasteiger partial charge in [-0.3, -0.25) is 0 Å². The molecular weight excluding hydrogens is 234 g/mol. The second-order valence-corrected chi connectivity index (χ2v) is 4.04. The number of esters is 1. The van der Waals surface area contributed by atoms with E-state index in [9.17, 15) is 4.79 Å². The largest absolute Gasteiger partial charge is 0.496 e. The van der Waals surface area contributed by atoms with Gasteiger partial charge >= 0.3 is 5.97 Å². The molecule has 0 saturated heterocycles. The van der Waals surface area contributed by atoms with Crippen LogP contribution in [0.2, 0.25) is 0 Å². The molecule has 0 aliphatic carbocycles. The van der Waals surface area contributed by atoms with Crippen LogP contribution in [0.4, 0.5) is 0 Å². The van der Waals surface area contributed by atoms with E-state index >= 15 is 0 Å². The molecule has 0 radical (unpaired) electrons. The predicted molar refractivity (Wildman–Crippen MR) is 66.1 cm³/mol. The maximum absolute atomic E-state index is 11.9. The maximum atomic E-state index is 11.9. The fraction of sp³-hybridized carbons (Fsp3) is 0.462. The molecule has 5 heteroatoms. The molecule has 0 fully saturated rings. The van der Waals surface area contributed by atoms with Gasteiger partial charge in [0.05, 0.1) is 14.2 Å². The summed E-state index contributed by atoms with van der Waals surface area (Å²) in [6, 6.07) is 1.82. The molecule has 0 bridgehead atoms. The fourth-order valence-corrected chi connectivity index (χ4v) is 2.33. The molecule has 98 valence electrons. The molecule has 0 unspecified atom stereocenters. The van der Waals surface area contributed by atoms with Crippen LogP contribution in [-0.2, 0) is 11.2 Å². The van der Waals surface area contributed by atoms with Gasteiger partial charge < -0.3 is 19.9 Å². The SMILES string of the molecule is CCc1c(OC)cc2c(c1OC)C(=O)O[C@H]2CN. The number of carbonyl (C=O) groups is 1. The van der Waals surface area contributed by atoms with E-state index in [0.717, 1.165) is 11.1 Å². The Morgan fingerprint density at radius 3 is 2.61 bits per heavy atom. The Balaban J connectivity index is 2.70. The third kappa shape index (κ3) is 1.71. The molecule has 2 N–H and O–H groups in total. The second kappa shape index (κ2) is 4.86. The van der Waals surface area contributed by atoms with E-state index in [1.807, 2.05) is 13.0 Å². The van der Waals surface area contributed by atoms with Crippen molar-refractivity contribution in [2.45, 2.75) is 19.4 Å². The molecule has 0 amide bonds. The zero-order chi connectivity index (χ0) is 13.3. The fourth-order valence-electron chi connectivity index (χ4n) is 2.33. The zero-order valence-corrected chi connectivity index (χ0v) is 10.8. The number of ether oxygens (including phenoxy) is 3. The minimum atomic E-state index is -0.416. The highest BCUT2D eigenvalue weighted by Crippen LogP contribution is 2.42. The molecule has 1 heterocycles. The highest BCUT2D eigenvalue weighted by Gasteiger charge is 2.35. The van der Waals surface area contributed by atoms with Gasteiger partial charge in [0.15, 0.2) is 0 Å². The summed E-state index contributed by atoms with van der Waals surface area (Å²) in [5, 5.41) is 0. The van der Waals surface area contributed by atoms with E-state index in [2.05, 4.69) is 0 Å². The molecule has 0 saturated carbocycles. The molecule has 0 spiro atoms. The Kier molecular flexibility index (Phi) is 3.43. The van der Waals surface area contributed by atoms with Crippen LogP contribution in [-0.4, -0.2) is 26.7 Å². The minimum Gasteiger partial charge on any atom is -0.496 e. The number of hydrogen-bond acceptors (Lipinski definition) is 5. The Morgan fingerprint density at radius 2 is 2.11 bits per heavy atom. The summed E-state index contributed by atoms with van der Waals surface area (Å²) >= 11 is 0. The van der Waals surface area contributed by atoms with E-state index in [-0.39, 0.29) is 12.5 Å². The Labute approximate surface area is 106 Å². The van der Waals surface area contributed by atoms with Crippen molar-refractivity contribution in [2.24, 2.45) is 5.73 Å². The van der Waals surface area contributed by atoms with Gasteiger partial charge in [0, 0.05) is 17.7 Å². The molecular formula is C13H17NO4. The maximum Gasteiger partial charge on any atom is 0.343 e. The van der Waals surface area contributed by atoms with Gasteiger partial charge in [0.25, 0.3) is 0 Å². The topological polar surface area (TPSA) is 70.8 Å². The quantitative estimate of drug-likeness (QED) is 0.820. The lowest BCUT2D eigenvalue weighted by Crippen LogP contribution is -2.12. The van der Waals surface area contributed by atoms with Crippen LogP contribution in [0.1, 0.15) is 34.5 Å². The summed E-state index contributed by atoms with van der Waals surface area (Å²) < 4.78 is 15.9. The third-order valence-corrected chi connectivity index (χ3v) is 3.17. The van der Waals surface area contributed by atoms with Gasteiger partial charge in [0.1, 0.15) is 23.2 Å². The van der Waals surface area contributed by atoms with Gasteiger partial charge in [-0.15, -0.1) is 0 Å². The lowest BCUT2D eigenvalue weighted by molar-refractivity contribution is 0.0401. The average Bonchev–Trinajstić information content (AvgIpc) is 2.72.